The van der Waals surface area contributed by atoms with Crippen LogP contribution in [-0.4, -0.2) is 43.1 Å². The van der Waals surface area contributed by atoms with E-state index in [9.17, 15) is 9.18 Å². The lowest BCUT2D eigenvalue weighted by molar-refractivity contribution is -0.117. The van der Waals surface area contributed by atoms with Gasteiger partial charge >= 0.3 is 0 Å². The summed E-state index contributed by atoms with van der Waals surface area (Å²) in [5, 5.41) is 0. The molecule has 0 bridgehead atoms. The van der Waals surface area contributed by atoms with Crippen molar-refractivity contribution in [1.29, 1.82) is 0 Å². The fourth-order valence-corrected chi connectivity index (χ4v) is 4.06. The first-order valence-electron chi connectivity index (χ1n) is 9.68. The topological polar surface area (TPSA) is 32.8 Å². The normalized spacial score (nSPS) is 21.6. The second-order valence-corrected chi connectivity index (χ2v) is 7.46. The fraction of sp³-hybridized carbons (Fsp3) is 0.409. The van der Waals surface area contributed by atoms with Crippen LogP contribution in [0, 0.1) is 11.7 Å². The number of hydrogen-bond acceptors (Lipinski definition) is 3. The molecule has 0 spiro atoms. The third-order valence-corrected chi connectivity index (χ3v) is 5.45. The second kappa shape index (κ2) is 8.09. The Morgan fingerprint density at radius 3 is 2.44 bits per heavy atom. The Kier molecular flexibility index (Phi) is 5.39. The minimum atomic E-state index is -0.301. The summed E-state index contributed by atoms with van der Waals surface area (Å²) in [6.07, 6.45) is 2.44. The number of carbonyl (C=O) groups is 1. The summed E-state index contributed by atoms with van der Waals surface area (Å²) in [6, 6.07) is 16.5. The van der Waals surface area contributed by atoms with Crippen molar-refractivity contribution in [2.24, 2.45) is 5.92 Å². The number of ether oxygens (including phenoxy) is 1. The van der Waals surface area contributed by atoms with Gasteiger partial charge in [0.15, 0.2) is 11.6 Å². The Balaban J connectivity index is 1.26. The molecule has 1 atom stereocenters. The number of likely N-dealkylation sites (tertiary alicyclic amines) is 1. The Morgan fingerprint density at radius 2 is 1.70 bits per heavy atom. The smallest absolute Gasteiger partial charge is 0.227 e. The van der Waals surface area contributed by atoms with E-state index in [0.29, 0.717) is 18.1 Å². The van der Waals surface area contributed by atoms with E-state index in [4.69, 9.17) is 4.74 Å². The maximum absolute atomic E-state index is 13.7. The van der Waals surface area contributed by atoms with Gasteiger partial charge in [0.1, 0.15) is 6.10 Å². The summed E-state index contributed by atoms with van der Waals surface area (Å²) in [5.74, 6) is 0.618. The monoisotopic (exact) mass is 368 g/mol. The van der Waals surface area contributed by atoms with E-state index in [2.05, 4.69) is 4.90 Å². The minimum Gasteiger partial charge on any atom is -0.487 e. The van der Waals surface area contributed by atoms with Crippen LogP contribution < -0.4 is 9.64 Å². The number of para-hydroxylation sites is 2. The van der Waals surface area contributed by atoms with Crippen LogP contribution >= 0.6 is 0 Å². The Morgan fingerprint density at radius 1 is 1.00 bits per heavy atom. The number of carbonyl (C=O) groups excluding carboxylic acids is 1. The molecule has 2 aliphatic heterocycles. The molecule has 2 aromatic carbocycles. The van der Waals surface area contributed by atoms with Gasteiger partial charge < -0.3 is 14.5 Å². The SMILES string of the molecule is O=C1C[C@H](CN2CCC(Oc3ccccc3F)CC2)CN1c1ccccc1. The van der Waals surface area contributed by atoms with E-state index in [1.807, 2.05) is 35.2 Å². The molecule has 4 rings (SSSR count). The van der Waals surface area contributed by atoms with Crippen molar-refractivity contribution in [2.45, 2.75) is 25.4 Å². The number of halogens is 1. The molecule has 0 aromatic heterocycles. The largest absolute Gasteiger partial charge is 0.487 e. The highest BCUT2D eigenvalue weighted by Crippen LogP contribution is 2.27. The number of benzene rings is 2. The van der Waals surface area contributed by atoms with Gasteiger partial charge in [-0.3, -0.25) is 4.79 Å². The molecule has 5 heteroatoms. The van der Waals surface area contributed by atoms with E-state index in [1.54, 1.807) is 18.2 Å². The Bertz CT molecular complexity index is 775. The minimum absolute atomic E-state index is 0.0594. The average molecular weight is 368 g/mol. The van der Waals surface area contributed by atoms with Gasteiger partial charge in [-0.25, -0.2) is 4.39 Å². The summed E-state index contributed by atoms with van der Waals surface area (Å²) < 4.78 is 19.6. The van der Waals surface area contributed by atoms with Crippen molar-refractivity contribution >= 4 is 11.6 Å². The molecule has 2 fully saturated rings. The summed E-state index contributed by atoms with van der Waals surface area (Å²) in [6.45, 7) is 3.57. The molecule has 142 valence electrons. The van der Waals surface area contributed by atoms with E-state index >= 15 is 0 Å². The van der Waals surface area contributed by atoms with Crippen molar-refractivity contribution in [3.05, 3.63) is 60.4 Å². The van der Waals surface area contributed by atoms with Crippen molar-refractivity contribution in [2.75, 3.05) is 31.1 Å². The summed E-state index contributed by atoms with van der Waals surface area (Å²) in [4.78, 5) is 16.7. The number of piperidine rings is 1. The first-order chi connectivity index (χ1) is 13.2. The van der Waals surface area contributed by atoms with Gasteiger partial charge in [-0.05, 0) is 43.0 Å². The lowest BCUT2D eigenvalue weighted by Crippen LogP contribution is -2.41. The lowest BCUT2D eigenvalue weighted by Gasteiger charge is -2.33. The highest BCUT2D eigenvalue weighted by Gasteiger charge is 2.32. The van der Waals surface area contributed by atoms with Crippen LogP contribution in [0.3, 0.4) is 0 Å². The number of rotatable bonds is 5. The molecule has 2 aliphatic rings. The van der Waals surface area contributed by atoms with Crippen molar-refractivity contribution in [3.8, 4) is 5.75 Å². The Labute approximate surface area is 159 Å². The third-order valence-electron chi connectivity index (χ3n) is 5.45. The molecule has 2 saturated heterocycles. The van der Waals surface area contributed by atoms with E-state index < -0.39 is 0 Å². The zero-order valence-corrected chi connectivity index (χ0v) is 15.4. The van der Waals surface area contributed by atoms with Crippen LogP contribution in [-0.2, 0) is 4.79 Å². The highest BCUT2D eigenvalue weighted by atomic mass is 19.1. The molecule has 4 nitrogen and oxygen atoms in total. The van der Waals surface area contributed by atoms with Crippen LogP contribution in [0.25, 0.3) is 0 Å². The molecule has 2 heterocycles. The van der Waals surface area contributed by atoms with E-state index in [1.165, 1.54) is 6.07 Å². The van der Waals surface area contributed by atoms with Gasteiger partial charge in [-0.2, -0.15) is 0 Å². The summed E-state index contributed by atoms with van der Waals surface area (Å²) >= 11 is 0. The molecule has 2 aromatic rings. The van der Waals surface area contributed by atoms with E-state index in [0.717, 1.165) is 44.7 Å². The van der Waals surface area contributed by atoms with Gasteiger partial charge in [0.05, 0.1) is 0 Å². The molecule has 0 saturated carbocycles. The van der Waals surface area contributed by atoms with Gasteiger partial charge in [0.2, 0.25) is 5.91 Å². The molecule has 1 amide bonds. The number of hydrogen-bond donors (Lipinski definition) is 0. The third kappa shape index (κ3) is 4.30. The van der Waals surface area contributed by atoms with Crippen LogP contribution in [0.15, 0.2) is 54.6 Å². The maximum atomic E-state index is 13.7. The number of nitrogens with zero attached hydrogens (tertiary/aromatic N) is 2. The quantitative estimate of drug-likeness (QED) is 0.806. The Hall–Kier alpha value is -2.40. The number of anilines is 1. The molecular formula is C22H25FN2O2. The summed E-state index contributed by atoms with van der Waals surface area (Å²) in [7, 11) is 0. The zero-order valence-electron chi connectivity index (χ0n) is 15.4. The van der Waals surface area contributed by atoms with Crippen LogP contribution in [0.4, 0.5) is 10.1 Å². The first kappa shape index (κ1) is 18.0. The molecular weight excluding hydrogens is 343 g/mol. The standard InChI is InChI=1S/C22H25FN2O2/c23-20-8-4-5-9-21(20)27-19-10-12-24(13-11-19)15-17-14-22(26)25(16-17)18-6-2-1-3-7-18/h1-9,17,19H,10-16H2/t17-/m1/s1. The van der Waals surface area contributed by atoms with Gasteiger partial charge in [-0.1, -0.05) is 30.3 Å². The van der Waals surface area contributed by atoms with E-state index in [-0.39, 0.29) is 17.8 Å². The number of amides is 1. The van der Waals surface area contributed by atoms with Crippen molar-refractivity contribution in [3.63, 3.8) is 0 Å². The maximum Gasteiger partial charge on any atom is 0.227 e. The van der Waals surface area contributed by atoms with Crippen molar-refractivity contribution < 1.29 is 13.9 Å². The molecule has 0 aliphatic carbocycles. The van der Waals surface area contributed by atoms with Crippen molar-refractivity contribution in [1.82, 2.24) is 4.90 Å². The molecule has 0 N–H and O–H groups in total. The predicted molar refractivity (Wildman–Crippen MR) is 103 cm³/mol. The fourth-order valence-electron chi connectivity index (χ4n) is 4.06. The van der Waals surface area contributed by atoms with Gasteiger partial charge in [-0.15, -0.1) is 0 Å². The molecule has 0 radical (unpaired) electrons. The highest BCUT2D eigenvalue weighted by molar-refractivity contribution is 5.95. The second-order valence-electron chi connectivity index (χ2n) is 7.46. The van der Waals surface area contributed by atoms with Crippen LogP contribution in [0.5, 0.6) is 5.75 Å². The average Bonchev–Trinajstić information content (AvgIpc) is 3.06. The molecule has 0 unspecified atom stereocenters. The van der Waals surface area contributed by atoms with Crippen LogP contribution in [0.2, 0.25) is 0 Å². The first-order valence-corrected chi connectivity index (χ1v) is 9.68. The van der Waals surface area contributed by atoms with Gasteiger partial charge in [0.25, 0.3) is 0 Å². The van der Waals surface area contributed by atoms with Gasteiger partial charge in [0, 0.05) is 38.3 Å². The lowest BCUT2D eigenvalue weighted by atomic mass is 10.0. The van der Waals surface area contributed by atoms with Crippen LogP contribution in [0.1, 0.15) is 19.3 Å². The predicted octanol–water partition coefficient (Wildman–Crippen LogP) is 3.72. The molecule has 27 heavy (non-hydrogen) atoms. The summed E-state index contributed by atoms with van der Waals surface area (Å²) in [5.41, 5.74) is 0.988. The zero-order chi connectivity index (χ0) is 18.6.